The quantitative estimate of drug-likeness (QED) is 0.269. The first-order valence-electron chi connectivity index (χ1n) is 1.69. The molecule has 0 rings (SSSR count). The molecule has 0 unspecified atom stereocenters. The van der Waals surface area contributed by atoms with Crippen molar-refractivity contribution < 1.29 is 39.8 Å². The summed E-state index contributed by atoms with van der Waals surface area (Å²) in [5.74, 6) is 0. The summed E-state index contributed by atoms with van der Waals surface area (Å²) < 4.78 is 63.2. The van der Waals surface area contributed by atoms with Crippen LogP contribution in [0, 0.1) is 0 Å². The molecule has 9 nitrogen and oxygen atoms in total. The van der Waals surface area contributed by atoms with Crippen LogP contribution in [-0.4, -0.2) is 101 Å². The Balaban J connectivity index is -0.0000000292. The van der Waals surface area contributed by atoms with Crippen molar-refractivity contribution in [3.63, 3.8) is 0 Å². The molecule has 0 aliphatic rings. The third kappa shape index (κ3) is 1040. The summed E-state index contributed by atoms with van der Waals surface area (Å²) in [5, 5.41) is 0. The van der Waals surface area contributed by atoms with Crippen molar-refractivity contribution in [1.82, 2.24) is 0 Å². The van der Waals surface area contributed by atoms with E-state index in [4.69, 9.17) is 39.8 Å². The molecule has 0 amide bonds. The second kappa shape index (κ2) is 14.4. The van der Waals surface area contributed by atoms with Crippen LogP contribution in [0.2, 0.25) is 0 Å². The van der Waals surface area contributed by atoms with Crippen LogP contribution < -0.4 is 0 Å². The van der Waals surface area contributed by atoms with Crippen molar-refractivity contribution in [3.8, 4) is 0 Å². The average Bonchev–Trinajstić information content (AvgIpc) is 1.59. The van der Waals surface area contributed by atoms with E-state index < -0.39 is 20.8 Å². The molecule has 0 saturated carbocycles. The first-order chi connectivity index (χ1) is 5.00. The van der Waals surface area contributed by atoms with Gasteiger partial charge in [-0.1, -0.05) is 0 Å². The van der Waals surface area contributed by atoms with Crippen LogP contribution >= 0.6 is 0 Å². The maximum absolute atomic E-state index is 8.74. The molecule has 0 radical (unpaired) electrons. The van der Waals surface area contributed by atoms with Gasteiger partial charge in [-0.2, -0.15) is 16.8 Å². The Kier molecular flexibility index (Phi) is 30.4. The zero-order chi connectivity index (χ0) is 11.0. The molecule has 0 bridgehead atoms. The molecule has 14 heavy (non-hydrogen) atoms. The third-order valence-corrected chi connectivity index (χ3v) is 0. The Morgan fingerprint density at radius 2 is 0.643 bits per heavy atom. The summed E-state index contributed by atoms with van der Waals surface area (Å²) in [6.45, 7) is 2.00. The number of rotatable bonds is 0. The molecular weight excluding hydrogens is 266 g/mol. The normalized spacial score (nSPS) is 8.57. The van der Waals surface area contributed by atoms with Gasteiger partial charge in [0.1, 0.15) is 6.79 Å². The van der Waals surface area contributed by atoms with E-state index in [1.54, 1.807) is 0 Å². The average molecular weight is 274 g/mol. The van der Waals surface area contributed by atoms with E-state index >= 15 is 0 Å². The molecular formula is CH8Na2O9S2. The van der Waals surface area contributed by atoms with E-state index in [2.05, 4.69) is 0 Å². The molecule has 0 aromatic rings. The first-order valence-corrected chi connectivity index (χ1v) is 4.48. The van der Waals surface area contributed by atoms with Crippen LogP contribution in [0.5, 0.6) is 0 Å². The summed E-state index contributed by atoms with van der Waals surface area (Å²) in [6.07, 6.45) is 0. The van der Waals surface area contributed by atoms with Crippen LogP contribution in [-0.2, 0) is 25.6 Å². The van der Waals surface area contributed by atoms with Crippen molar-refractivity contribution in [2.24, 2.45) is 0 Å². The molecule has 0 aliphatic carbocycles. The molecule has 0 spiro atoms. The molecule has 0 aliphatic heterocycles. The van der Waals surface area contributed by atoms with Crippen molar-refractivity contribution in [3.05, 3.63) is 0 Å². The van der Waals surface area contributed by atoms with Gasteiger partial charge < -0.3 is 4.79 Å². The summed E-state index contributed by atoms with van der Waals surface area (Å²) in [7, 11) is -9.33. The van der Waals surface area contributed by atoms with Crippen LogP contribution in [0.3, 0.4) is 0 Å². The molecule has 0 heterocycles. The first kappa shape index (κ1) is 29.5. The molecule has 0 aromatic heterocycles. The van der Waals surface area contributed by atoms with Crippen molar-refractivity contribution >= 4 is 86.7 Å². The van der Waals surface area contributed by atoms with Gasteiger partial charge in [0.2, 0.25) is 0 Å². The van der Waals surface area contributed by atoms with Gasteiger partial charge >= 0.3 is 79.9 Å². The third-order valence-electron chi connectivity index (χ3n) is 0. The SMILES string of the molecule is C=O.O=S(=O)(O)O.O=S(=O)(O)O.[NaH].[NaH]. The van der Waals surface area contributed by atoms with Crippen LogP contribution in [0.15, 0.2) is 0 Å². The zero-order valence-electron chi connectivity index (χ0n) is 5.35. The Bertz CT molecular complexity index is 230. The van der Waals surface area contributed by atoms with Crippen LogP contribution in [0.25, 0.3) is 0 Å². The molecule has 0 atom stereocenters. The zero-order valence-corrected chi connectivity index (χ0v) is 6.99. The number of carbonyl (C=O) groups excluding carboxylic acids is 1. The molecule has 0 fully saturated rings. The van der Waals surface area contributed by atoms with E-state index in [1.165, 1.54) is 0 Å². The summed E-state index contributed by atoms with van der Waals surface area (Å²) in [6, 6.07) is 0. The maximum atomic E-state index is 8.74. The minimum atomic E-state index is -4.67. The van der Waals surface area contributed by atoms with E-state index in [9.17, 15) is 0 Å². The summed E-state index contributed by atoms with van der Waals surface area (Å²) in [5.41, 5.74) is 0. The van der Waals surface area contributed by atoms with Gasteiger partial charge in [-0.25, -0.2) is 0 Å². The predicted molar refractivity (Wildman–Crippen MR) is 49.8 cm³/mol. The van der Waals surface area contributed by atoms with Crippen LogP contribution in [0.1, 0.15) is 0 Å². The Morgan fingerprint density at radius 1 is 0.643 bits per heavy atom. The van der Waals surface area contributed by atoms with E-state index in [0.717, 1.165) is 0 Å². The van der Waals surface area contributed by atoms with Gasteiger partial charge in [0.15, 0.2) is 0 Å². The van der Waals surface area contributed by atoms with Crippen molar-refractivity contribution in [2.75, 3.05) is 0 Å². The molecule has 13 heteroatoms. The summed E-state index contributed by atoms with van der Waals surface area (Å²) >= 11 is 0. The Hall–Kier alpha value is 1.41. The second-order valence-electron chi connectivity index (χ2n) is 0.896. The Labute approximate surface area is 125 Å². The standard InChI is InChI=1S/CH2O.2Na.2H2O4S.2H/c1-2;;;2*1-5(2,3)4;;/h1H2;;;2*(H2,1,2,3,4);;. The van der Waals surface area contributed by atoms with Crippen molar-refractivity contribution in [1.29, 1.82) is 0 Å². The number of carbonyl (C=O) groups is 1. The monoisotopic (exact) mass is 274 g/mol. The molecule has 80 valence electrons. The van der Waals surface area contributed by atoms with Gasteiger partial charge in [0.25, 0.3) is 0 Å². The second-order valence-corrected chi connectivity index (χ2v) is 2.69. The predicted octanol–water partition coefficient (Wildman–Crippen LogP) is -2.79. The number of hydrogen-bond acceptors (Lipinski definition) is 5. The molecule has 0 aromatic carbocycles. The fourth-order valence-corrected chi connectivity index (χ4v) is 0. The van der Waals surface area contributed by atoms with Gasteiger partial charge in [-0.15, -0.1) is 0 Å². The van der Waals surface area contributed by atoms with Gasteiger partial charge in [0.05, 0.1) is 0 Å². The van der Waals surface area contributed by atoms with Gasteiger partial charge in [-0.05, 0) is 0 Å². The van der Waals surface area contributed by atoms with Gasteiger partial charge in [-0.3, -0.25) is 18.2 Å². The Morgan fingerprint density at radius 3 is 0.643 bits per heavy atom. The fourth-order valence-electron chi connectivity index (χ4n) is 0. The van der Waals surface area contributed by atoms with Crippen LogP contribution in [0.4, 0.5) is 0 Å². The van der Waals surface area contributed by atoms with E-state index in [0.29, 0.717) is 0 Å². The molecule has 4 N–H and O–H groups in total. The minimum absolute atomic E-state index is 0. The van der Waals surface area contributed by atoms with E-state index in [-0.39, 0.29) is 59.1 Å². The molecule has 0 saturated heterocycles. The number of hydrogen-bond donors (Lipinski definition) is 4. The van der Waals surface area contributed by atoms with Crippen molar-refractivity contribution in [2.45, 2.75) is 0 Å². The fraction of sp³-hybridized carbons (Fsp3) is 0. The van der Waals surface area contributed by atoms with E-state index in [1.807, 2.05) is 6.79 Å². The summed E-state index contributed by atoms with van der Waals surface area (Å²) in [4.78, 5) is 8.00. The van der Waals surface area contributed by atoms with Gasteiger partial charge in [0, 0.05) is 0 Å². The topological polar surface area (TPSA) is 166 Å².